The average Bonchev–Trinajstić information content (AvgIpc) is 3.28. The Morgan fingerprint density at radius 1 is 0.844 bits per heavy atom. The van der Waals surface area contributed by atoms with Gasteiger partial charge in [-0.05, 0) is 30.3 Å². The van der Waals surface area contributed by atoms with E-state index in [4.69, 9.17) is 14.2 Å². The van der Waals surface area contributed by atoms with Crippen LogP contribution in [0.2, 0.25) is 0 Å². The number of ether oxygens (including phenoxy) is 3. The van der Waals surface area contributed by atoms with Crippen molar-refractivity contribution >= 4 is 22.7 Å². The number of rotatable bonds is 5. The van der Waals surface area contributed by atoms with Gasteiger partial charge in [0, 0.05) is 43.2 Å². The number of hydrogen-bond acceptors (Lipinski definition) is 5. The summed E-state index contributed by atoms with van der Waals surface area (Å²) in [6.45, 7) is 1.56. The minimum atomic E-state index is -0.388. The van der Waals surface area contributed by atoms with Gasteiger partial charge in [-0.2, -0.15) is 0 Å². The van der Waals surface area contributed by atoms with E-state index in [-0.39, 0.29) is 17.6 Å². The summed E-state index contributed by atoms with van der Waals surface area (Å²) in [7, 11) is 4.61. The van der Waals surface area contributed by atoms with E-state index in [1.54, 1.807) is 29.0 Å². The maximum Gasteiger partial charge on any atom is 0.270 e. The van der Waals surface area contributed by atoms with Crippen molar-refractivity contribution in [3.8, 4) is 17.2 Å². The van der Waals surface area contributed by atoms with Gasteiger partial charge in [-0.3, -0.25) is 9.59 Å². The van der Waals surface area contributed by atoms with Crippen LogP contribution < -0.4 is 14.2 Å². The Labute approximate surface area is 184 Å². The molecular weight excluding hydrogens is 417 g/mol. The number of methoxy groups -OCH3 is 3. The molecule has 0 atom stereocenters. The third kappa shape index (κ3) is 3.81. The molecule has 8 nitrogen and oxygen atoms in total. The molecule has 1 aliphatic heterocycles. The number of piperazine rings is 1. The Morgan fingerprint density at radius 3 is 2.00 bits per heavy atom. The zero-order valence-corrected chi connectivity index (χ0v) is 18.1. The fraction of sp³-hybridized carbons (Fsp3) is 0.304. The van der Waals surface area contributed by atoms with Gasteiger partial charge in [-0.25, -0.2) is 4.39 Å². The molecule has 1 aromatic heterocycles. The highest BCUT2D eigenvalue weighted by molar-refractivity contribution is 6.02. The van der Waals surface area contributed by atoms with Crippen molar-refractivity contribution < 1.29 is 28.2 Å². The number of carbonyl (C=O) groups excluding carboxylic acids is 2. The molecule has 0 saturated carbocycles. The van der Waals surface area contributed by atoms with Gasteiger partial charge < -0.3 is 29.0 Å². The van der Waals surface area contributed by atoms with Crippen LogP contribution in [0, 0.1) is 5.82 Å². The van der Waals surface area contributed by atoms with E-state index >= 15 is 0 Å². The van der Waals surface area contributed by atoms with Gasteiger partial charge in [0.15, 0.2) is 11.5 Å². The van der Waals surface area contributed by atoms with Crippen LogP contribution in [-0.4, -0.2) is 74.1 Å². The van der Waals surface area contributed by atoms with E-state index < -0.39 is 0 Å². The summed E-state index contributed by atoms with van der Waals surface area (Å²) in [5.41, 5.74) is 1.43. The smallest absolute Gasteiger partial charge is 0.270 e. The number of halogens is 1. The van der Waals surface area contributed by atoms with Gasteiger partial charge in [0.2, 0.25) is 0 Å². The first-order valence-electron chi connectivity index (χ1n) is 10.1. The molecule has 9 heteroatoms. The molecule has 3 aromatic rings. The Kier molecular flexibility index (Phi) is 5.89. The third-order valence-corrected chi connectivity index (χ3v) is 5.62. The van der Waals surface area contributed by atoms with Crippen LogP contribution in [0.25, 0.3) is 10.9 Å². The molecular formula is C23H24FN3O5. The highest BCUT2D eigenvalue weighted by Crippen LogP contribution is 2.41. The number of benzene rings is 2. The van der Waals surface area contributed by atoms with Crippen molar-refractivity contribution in [3.05, 3.63) is 53.5 Å². The lowest BCUT2D eigenvalue weighted by atomic mass is 10.1. The predicted octanol–water partition coefficient (Wildman–Crippen LogP) is 2.93. The largest absolute Gasteiger partial charge is 0.496 e. The Bertz CT molecular complexity index is 1150. The maximum absolute atomic E-state index is 13.1. The summed E-state index contributed by atoms with van der Waals surface area (Å²) in [5.74, 6) is 0.786. The Hall–Kier alpha value is -3.75. The normalized spacial score (nSPS) is 13.9. The number of amides is 2. The number of nitrogens with one attached hydrogen (secondary N) is 1. The molecule has 0 spiro atoms. The third-order valence-electron chi connectivity index (χ3n) is 5.62. The average molecular weight is 441 g/mol. The van der Waals surface area contributed by atoms with Gasteiger partial charge in [0.05, 0.1) is 26.8 Å². The van der Waals surface area contributed by atoms with E-state index in [1.165, 1.54) is 38.5 Å². The van der Waals surface area contributed by atoms with Crippen molar-refractivity contribution in [1.82, 2.24) is 14.8 Å². The van der Waals surface area contributed by atoms with Crippen LogP contribution in [-0.2, 0) is 0 Å². The topological polar surface area (TPSA) is 84.1 Å². The second kappa shape index (κ2) is 8.78. The summed E-state index contributed by atoms with van der Waals surface area (Å²) in [5, 5.41) is 0.707. The SMILES string of the molecule is COc1cc(OC)c2cc(C(=O)N3CCN(C(=O)c4ccc(F)cc4)CC3)[nH]c2c1OC. The second-order valence-electron chi connectivity index (χ2n) is 7.38. The highest BCUT2D eigenvalue weighted by atomic mass is 19.1. The van der Waals surface area contributed by atoms with Crippen LogP contribution in [0.5, 0.6) is 17.2 Å². The molecule has 1 fully saturated rings. The van der Waals surface area contributed by atoms with Crippen molar-refractivity contribution in [2.45, 2.75) is 0 Å². The van der Waals surface area contributed by atoms with Gasteiger partial charge in [-0.1, -0.05) is 0 Å². The van der Waals surface area contributed by atoms with E-state index in [2.05, 4.69) is 4.98 Å². The number of hydrogen-bond donors (Lipinski definition) is 1. The lowest BCUT2D eigenvalue weighted by Crippen LogP contribution is -2.50. The fourth-order valence-electron chi connectivity index (χ4n) is 3.91. The van der Waals surface area contributed by atoms with Gasteiger partial charge >= 0.3 is 0 Å². The molecule has 2 amide bonds. The summed E-state index contributed by atoms with van der Waals surface area (Å²) in [6, 6.07) is 8.90. The number of fused-ring (bicyclic) bond motifs is 1. The lowest BCUT2D eigenvalue weighted by Gasteiger charge is -2.34. The molecule has 0 bridgehead atoms. The summed E-state index contributed by atoms with van der Waals surface area (Å²) in [6.07, 6.45) is 0. The molecule has 2 heterocycles. The first kappa shape index (κ1) is 21.5. The summed E-state index contributed by atoms with van der Waals surface area (Å²) in [4.78, 5) is 32.3. The molecule has 2 aromatic carbocycles. The second-order valence-corrected chi connectivity index (χ2v) is 7.38. The van der Waals surface area contributed by atoms with E-state index in [0.717, 1.165) is 0 Å². The number of carbonyl (C=O) groups is 2. The van der Waals surface area contributed by atoms with Crippen molar-refractivity contribution in [2.75, 3.05) is 47.5 Å². The fourth-order valence-corrected chi connectivity index (χ4v) is 3.91. The number of H-pyrrole nitrogens is 1. The maximum atomic E-state index is 13.1. The van der Waals surface area contributed by atoms with Gasteiger partial charge in [-0.15, -0.1) is 0 Å². The van der Waals surface area contributed by atoms with Crippen LogP contribution in [0.1, 0.15) is 20.8 Å². The molecule has 32 heavy (non-hydrogen) atoms. The molecule has 1 saturated heterocycles. The number of aromatic nitrogens is 1. The minimum Gasteiger partial charge on any atom is -0.496 e. The molecule has 0 unspecified atom stereocenters. The first-order chi connectivity index (χ1) is 15.5. The van der Waals surface area contributed by atoms with Gasteiger partial charge in [0.1, 0.15) is 17.3 Å². The number of nitrogens with zero attached hydrogens (tertiary/aromatic N) is 2. The number of aromatic amines is 1. The van der Waals surface area contributed by atoms with E-state index in [9.17, 15) is 14.0 Å². The van der Waals surface area contributed by atoms with E-state index in [1.807, 2.05) is 0 Å². The van der Waals surface area contributed by atoms with Gasteiger partial charge in [0.25, 0.3) is 11.8 Å². The van der Waals surface area contributed by atoms with Crippen LogP contribution >= 0.6 is 0 Å². The Balaban J connectivity index is 1.52. The predicted molar refractivity (Wildman–Crippen MR) is 116 cm³/mol. The Morgan fingerprint density at radius 2 is 1.44 bits per heavy atom. The monoisotopic (exact) mass is 441 g/mol. The molecule has 0 radical (unpaired) electrons. The molecule has 1 aliphatic rings. The standard InChI is InChI=1S/C23H24FN3O5/c1-30-18-13-19(31-2)21(32-3)20-16(18)12-17(25-20)23(29)27-10-8-26(9-11-27)22(28)14-4-6-15(24)7-5-14/h4-7,12-13,25H,8-11H2,1-3H3. The molecule has 4 rings (SSSR count). The summed E-state index contributed by atoms with van der Waals surface area (Å²) < 4.78 is 29.4. The lowest BCUT2D eigenvalue weighted by molar-refractivity contribution is 0.0533. The van der Waals surface area contributed by atoms with Crippen molar-refractivity contribution in [1.29, 1.82) is 0 Å². The van der Waals surface area contributed by atoms with E-state index in [0.29, 0.717) is 65.6 Å². The van der Waals surface area contributed by atoms with Crippen LogP contribution in [0.15, 0.2) is 36.4 Å². The molecule has 0 aliphatic carbocycles. The summed E-state index contributed by atoms with van der Waals surface area (Å²) >= 11 is 0. The van der Waals surface area contributed by atoms with Crippen LogP contribution in [0.3, 0.4) is 0 Å². The highest BCUT2D eigenvalue weighted by Gasteiger charge is 2.27. The van der Waals surface area contributed by atoms with Crippen molar-refractivity contribution in [2.24, 2.45) is 0 Å². The molecule has 1 N–H and O–H groups in total. The molecule has 168 valence electrons. The quantitative estimate of drug-likeness (QED) is 0.658. The van der Waals surface area contributed by atoms with Crippen molar-refractivity contribution in [3.63, 3.8) is 0 Å². The zero-order valence-electron chi connectivity index (χ0n) is 18.1. The van der Waals surface area contributed by atoms with Crippen LogP contribution in [0.4, 0.5) is 4.39 Å². The zero-order chi connectivity index (χ0) is 22.8. The first-order valence-corrected chi connectivity index (χ1v) is 10.1. The minimum absolute atomic E-state index is 0.177.